The molecule has 1 heterocycles. The van der Waals surface area contributed by atoms with E-state index in [2.05, 4.69) is 118 Å². The molecule has 1 saturated heterocycles. The number of aliphatic carboxylic acids is 1. The maximum atomic E-state index is 13.2. The summed E-state index contributed by atoms with van der Waals surface area (Å²) >= 11 is 0. The third-order valence-corrected chi connectivity index (χ3v) is 13.3. The molecule has 1 aliphatic heterocycles. The number of carboxylic acid groups (broad SMARTS) is 1. The number of aliphatic hydroxyl groups excluding tert-OH is 2. The number of aliphatic hydroxyl groups is 2. The molecule has 79 heavy (non-hydrogen) atoms. The number of hydrogen-bond acceptors (Lipinski definition) is 11. The van der Waals surface area contributed by atoms with Gasteiger partial charge in [-0.25, -0.2) is 4.79 Å². The van der Waals surface area contributed by atoms with Gasteiger partial charge in [-0.1, -0.05) is 207 Å². The quantitative estimate of drug-likeness (QED) is 0.0228. The highest BCUT2D eigenvalue weighted by molar-refractivity contribution is 5.74. The number of rotatable bonds is 51. The van der Waals surface area contributed by atoms with Gasteiger partial charge in [0.25, 0.3) is 0 Å². The van der Waals surface area contributed by atoms with E-state index in [0.29, 0.717) is 25.7 Å². The van der Waals surface area contributed by atoms with Crippen molar-refractivity contribution >= 4 is 23.9 Å². The smallest absolute Gasteiger partial charge is 0.335 e. The van der Waals surface area contributed by atoms with E-state index in [0.717, 1.165) is 122 Å². The summed E-state index contributed by atoms with van der Waals surface area (Å²) in [7, 11) is 0. The minimum Gasteiger partial charge on any atom is -0.479 e. The van der Waals surface area contributed by atoms with Crippen molar-refractivity contribution in [2.45, 2.75) is 276 Å². The van der Waals surface area contributed by atoms with Crippen molar-refractivity contribution in [2.75, 3.05) is 13.2 Å². The van der Waals surface area contributed by atoms with Gasteiger partial charge in [0.2, 0.25) is 0 Å². The van der Waals surface area contributed by atoms with E-state index in [-0.39, 0.29) is 25.9 Å². The second-order valence-electron chi connectivity index (χ2n) is 20.6. The number of hydrogen-bond donors (Lipinski definition) is 3. The van der Waals surface area contributed by atoms with Gasteiger partial charge in [-0.3, -0.25) is 14.4 Å². The number of carbonyl (C=O) groups excluding carboxylic acids is 3. The third kappa shape index (κ3) is 43.8. The van der Waals surface area contributed by atoms with Crippen LogP contribution in [0.1, 0.15) is 239 Å². The second kappa shape index (κ2) is 54.0. The van der Waals surface area contributed by atoms with Crippen LogP contribution in [0, 0.1) is 0 Å². The van der Waals surface area contributed by atoms with Gasteiger partial charge in [-0.15, -0.1) is 0 Å². The summed E-state index contributed by atoms with van der Waals surface area (Å²) in [5.41, 5.74) is 0. The Labute approximate surface area is 478 Å². The molecular formula is C67H108O12. The lowest BCUT2D eigenvalue weighted by molar-refractivity contribution is -0.301. The van der Waals surface area contributed by atoms with Crippen LogP contribution in [-0.4, -0.2) is 89.2 Å². The highest BCUT2D eigenvalue weighted by Gasteiger charge is 2.50. The molecule has 0 radical (unpaired) electrons. The zero-order chi connectivity index (χ0) is 57.5. The fourth-order valence-corrected chi connectivity index (χ4v) is 8.58. The van der Waals surface area contributed by atoms with Crippen LogP contribution in [0.2, 0.25) is 0 Å². The second-order valence-corrected chi connectivity index (χ2v) is 20.6. The van der Waals surface area contributed by atoms with Crippen molar-refractivity contribution in [1.29, 1.82) is 0 Å². The summed E-state index contributed by atoms with van der Waals surface area (Å²) in [5, 5.41) is 31.5. The zero-order valence-corrected chi connectivity index (χ0v) is 49.3. The Bertz CT molecular complexity index is 1790. The first-order valence-electron chi connectivity index (χ1n) is 30.9. The van der Waals surface area contributed by atoms with Gasteiger partial charge in [0, 0.05) is 19.3 Å². The molecule has 6 unspecified atom stereocenters. The molecular weight excluding hydrogens is 997 g/mol. The maximum Gasteiger partial charge on any atom is 0.335 e. The average Bonchev–Trinajstić information content (AvgIpc) is 3.46. The van der Waals surface area contributed by atoms with Gasteiger partial charge in [-0.2, -0.15) is 0 Å². The summed E-state index contributed by atoms with van der Waals surface area (Å²) in [6, 6.07) is 0. The third-order valence-electron chi connectivity index (χ3n) is 13.3. The minimum absolute atomic E-state index is 0.0248. The number of carbonyl (C=O) groups is 4. The molecule has 0 bridgehead atoms. The number of allylic oxidation sites excluding steroid dienone is 18. The Hall–Kier alpha value is -4.62. The van der Waals surface area contributed by atoms with Crippen molar-refractivity contribution in [3.63, 3.8) is 0 Å². The molecule has 0 amide bonds. The van der Waals surface area contributed by atoms with Gasteiger partial charge in [0.15, 0.2) is 24.6 Å². The van der Waals surface area contributed by atoms with E-state index in [1.807, 2.05) is 12.2 Å². The molecule has 1 rings (SSSR count). The van der Waals surface area contributed by atoms with E-state index in [1.165, 1.54) is 51.4 Å². The van der Waals surface area contributed by atoms with Crippen LogP contribution in [0.5, 0.6) is 0 Å². The van der Waals surface area contributed by atoms with Crippen molar-refractivity contribution in [1.82, 2.24) is 0 Å². The Balaban J connectivity index is 2.72. The highest BCUT2D eigenvalue weighted by Crippen LogP contribution is 2.26. The predicted molar refractivity (Wildman–Crippen MR) is 321 cm³/mol. The number of ether oxygens (including phenoxy) is 5. The largest absolute Gasteiger partial charge is 0.479 e. The predicted octanol–water partition coefficient (Wildman–Crippen LogP) is 16.2. The van der Waals surface area contributed by atoms with Crippen LogP contribution in [-0.2, 0) is 42.9 Å². The molecule has 3 N–H and O–H groups in total. The maximum absolute atomic E-state index is 13.2. The van der Waals surface area contributed by atoms with Crippen LogP contribution in [0.4, 0.5) is 0 Å². The Morgan fingerprint density at radius 1 is 0.430 bits per heavy atom. The molecule has 0 aliphatic carbocycles. The summed E-state index contributed by atoms with van der Waals surface area (Å²) in [6.45, 7) is 5.79. The molecule has 448 valence electrons. The fraction of sp³-hybridized carbons (Fsp3) is 0.672. The molecule has 0 aromatic carbocycles. The Morgan fingerprint density at radius 3 is 1.29 bits per heavy atom. The normalized spacial score (nSPS) is 18.6. The monoisotopic (exact) mass is 1100 g/mol. The molecule has 0 spiro atoms. The summed E-state index contributed by atoms with van der Waals surface area (Å²) in [6.07, 6.45) is 60.5. The molecule has 6 atom stereocenters. The van der Waals surface area contributed by atoms with Gasteiger partial charge in [-0.05, 0) is 122 Å². The van der Waals surface area contributed by atoms with E-state index in [4.69, 9.17) is 23.7 Å². The van der Waals surface area contributed by atoms with Gasteiger partial charge >= 0.3 is 23.9 Å². The summed E-state index contributed by atoms with van der Waals surface area (Å²) < 4.78 is 28.4. The molecule has 1 fully saturated rings. The van der Waals surface area contributed by atoms with Gasteiger partial charge in [0.05, 0.1) is 6.61 Å². The van der Waals surface area contributed by atoms with Crippen LogP contribution >= 0.6 is 0 Å². The molecule has 0 aromatic rings. The van der Waals surface area contributed by atoms with E-state index < -0.39 is 67.3 Å². The van der Waals surface area contributed by atoms with E-state index >= 15 is 0 Å². The van der Waals surface area contributed by atoms with Gasteiger partial charge < -0.3 is 39.0 Å². The molecule has 1 aliphatic rings. The summed E-state index contributed by atoms with van der Waals surface area (Å²) in [4.78, 5) is 51.2. The first kappa shape index (κ1) is 72.4. The number of carboxylic acids is 1. The lowest BCUT2D eigenvalue weighted by Crippen LogP contribution is -2.61. The van der Waals surface area contributed by atoms with E-state index in [9.17, 15) is 34.5 Å². The Kier molecular flexibility index (Phi) is 49.5. The van der Waals surface area contributed by atoms with Crippen molar-refractivity contribution in [3.05, 3.63) is 109 Å². The standard InChI is InChI=1S/C67H108O12/c1-4-7-10-13-16-19-22-25-27-29-30-32-33-36-38-41-44-47-50-53-59(68)75-56-58(77-60(69)54-51-48-45-42-39-35-24-21-18-15-12-9-6-3)57-76-67-65(63(72)62(71)64(79-67)66(73)74)78-61(70)55-52-49-46-43-40-37-34-31-28-26-23-20-17-14-11-8-5-2/h8,11,16-17,19-21,24-28,30,32,34,37,43,46,58,62-65,67,71-72H,4-7,9-10,12-15,18,22-23,29,31,33,35-36,38-42,44-45,47-57H2,1-3H3,(H,73,74)/b11-8-,19-16-,20-17-,24-21-,27-25-,28-26-,32-30-,37-34-,46-43-. The topological polar surface area (TPSA) is 175 Å². The summed E-state index contributed by atoms with van der Waals surface area (Å²) in [5.74, 6) is -3.23. The van der Waals surface area contributed by atoms with Crippen molar-refractivity contribution in [3.8, 4) is 0 Å². The number of esters is 3. The van der Waals surface area contributed by atoms with Crippen LogP contribution in [0.25, 0.3) is 0 Å². The van der Waals surface area contributed by atoms with Crippen LogP contribution < -0.4 is 0 Å². The lowest BCUT2D eigenvalue weighted by atomic mass is 9.98. The lowest BCUT2D eigenvalue weighted by Gasteiger charge is -2.40. The molecule has 0 aromatic heterocycles. The SMILES string of the molecule is CC/C=C\C/C=C\C/C=C\C/C=C\C/C=C\CCCC(=O)OC1C(OCC(COC(=O)CCCCCCCC/C=C\C/C=C\C/C=C\CCCCC)OC(=O)CCCCCCC/C=C\CCCCCC)OC(C(=O)O)C(O)C1O. The van der Waals surface area contributed by atoms with Crippen LogP contribution in [0.15, 0.2) is 109 Å². The fourth-order valence-electron chi connectivity index (χ4n) is 8.58. The molecule has 12 heteroatoms. The highest BCUT2D eigenvalue weighted by atomic mass is 16.7. The van der Waals surface area contributed by atoms with Crippen molar-refractivity contribution in [2.24, 2.45) is 0 Å². The van der Waals surface area contributed by atoms with Gasteiger partial charge in [0.1, 0.15) is 18.8 Å². The molecule has 12 nitrogen and oxygen atoms in total. The first-order chi connectivity index (χ1) is 38.6. The zero-order valence-electron chi connectivity index (χ0n) is 49.3. The minimum atomic E-state index is -1.93. The van der Waals surface area contributed by atoms with Crippen molar-refractivity contribution < 1.29 is 58.2 Å². The molecule has 0 saturated carbocycles. The first-order valence-corrected chi connectivity index (χ1v) is 30.9. The van der Waals surface area contributed by atoms with E-state index in [1.54, 1.807) is 0 Å². The number of unbranched alkanes of at least 4 members (excludes halogenated alkanes) is 19. The average molecular weight is 1110 g/mol. The Morgan fingerprint density at radius 2 is 0.810 bits per heavy atom. The van der Waals surface area contributed by atoms with Crippen LogP contribution in [0.3, 0.4) is 0 Å².